The van der Waals surface area contributed by atoms with Crippen LogP contribution >= 0.6 is 0 Å². The Labute approximate surface area is 123 Å². The number of aromatic nitrogens is 1. The van der Waals surface area contributed by atoms with E-state index in [2.05, 4.69) is 4.98 Å². The van der Waals surface area contributed by atoms with Crippen LogP contribution in [0, 0.1) is 5.92 Å². The van der Waals surface area contributed by atoms with Crippen molar-refractivity contribution < 1.29 is 15.0 Å². The van der Waals surface area contributed by atoms with Crippen LogP contribution in [0.3, 0.4) is 0 Å². The summed E-state index contributed by atoms with van der Waals surface area (Å²) in [5.74, 6) is 0.0592. The van der Waals surface area contributed by atoms with Gasteiger partial charge in [0.1, 0.15) is 0 Å². The van der Waals surface area contributed by atoms with Gasteiger partial charge in [0.05, 0.1) is 13.2 Å². The van der Waals surface area contributed by atoms with Crippen LogP contribution in [0.5, 0.6) is 0 Å². The normalized spacial score (nSPS) is 17.0. The van der Waals surface area contributed by atoms with Crippen molar-refractivity contribution in [2.45, 2.75) is 26.1 Å². The minimum Gasteiger partial charge on any atom is -0.392 e. The first-order valence-electron chi connectivity index (χ1n) is 7.02. The quantitative estimate of drug-likeness (QED) is 0.895. The summed E-state index contributed by atoms with van der Waals surface area (Å²) in [6, 6.07) is 7.43. The van der Waals surface area contributed by atoms with Gasteiger partial charge in [0.2, 0.25) is 0 Å². The molecule has 0 spiro atoms. The topological polar surface area (TPSA) is 70.4 Å². The van der Waals surface area contributed by atoms with E-state index in [4.69, 9.17) is 0 Å². The Morgan fingerprint density at radius 1 is 1.10 bits per heavy atom. The smallest absolute Gasteiger partial charge is 0.166 e. The highest BCUT2D eigenvalue weighted by Crippen LogP contribution is 2.31. The third-order valence-corrected chi connectivity index (χ3v) is 4.10. The maximum absolute atomic E-state index is 12.5. The maximum Gasteiger partial charge on any atom is 0.166 e. The van der Waals surface area contributed by atoms with Gasteiger partial charge in [0, 0.05) is 23.9 Å². The van der Waals surface area contributed by atoms with Crippen molar-refractivity contribution in [3.63, 3.8) is 0 Å². The Balaban J connectivity index is 1.88. The SMILES string of the molecule is O=C1c2cc(CO)c(CO)cc2CC1Cc1ccncc1. The van der Waals surface area contributed by atoms with Crippen LogP contribution in [0.4, 0.5) is 0 Å². The van der Waals surface area contributed by atoms with Crippen molar-refractivity contribution in [3.05, 3.63) is 64.5 Å². The number of Topliss-reactive ketones (excluding diaryl/α,β-unsaturated/α-hetero) is 1. The Hall–Kier alpha value is -2.04. The number of carbonyl (C=O) groups excluding carboxylic acids is 1. The summed E-state index contributed by atoms with van der Waals surface area (Å²) in [6.45, 7) is -0.280. The van der Waals surface area contributed by atoms with Gasteiger partial charge in [-0.15, -0.1) is 0 Å². The molecule has 0 saturated heterocycles. The van der Waals surface area contributed by atoms with E-state index < -0.39 is 0 Å². The van der Waals surface area contributed by atoms with Crippen LogP contribution in [0.15, 0.2) is 36.7 Å². The molecule has 1 aromatic heterocycles. The van der Waals surface area contributed by atoms with Crippen molar-refractivity contribution >= 4 is 5.78 Å². The number of carbonyl (C=O) groups is 1. The third kappa shape index (κ3) is 2.60. The summed E-state index contributed by atoms with van der Waals surface area (Å²) in [5.41, 5.74) is 4.10. The number of hydrogen-bond acceptors (Lipinski definition) is 4. The number of pyridine rings is 1. The summed E-state index contributed by atoms with van der Waals surface area (Å²) in [7, 11) is 0. The Kier molecular flexibility index (Phi) is 3.82. The van der Waals surface area contributed by atoms with Gasteiger partial charge in [-0.2, -0.15) is 0 Å². The molecule has 1 aliphatic carbocycles. The molecule has 1 aliphatic rings. The zero-order chi connectivity index (χ0) is 14.8. The standard InChI is InChI=1S/C17H17NO3/c19-9-14-7-12-6-13(5-11-1-3-18-4-2-11)17(21)16(12)8-15(14)10-20/h1-4,7-8,13,19-20H,5-6,9-10H2. The predicted octanol–water partition coefficient (Wildman–Crippen LogP) is 1.66. The molecule has 4 nitrogen and oxygen atoms in total. The Bertz CT molecular complexity index is 667. The number of benzene rings is 1. The van der Waals surface area contributed by atoms with E-state index in [1.807, 2.05) is 18.2 Å². The van der Waals surface area contributed by atoms with Gasteiger partial charge in [0.15, 0.2) is 5.78 Å². The van der Waals surface area contributed by atoms with E-state index in [1.165, 1.54) is 0 Å². The van der Waals surface area contributed by atoms with Gasteiger partial charge in [-0.25, -0.2) is 0 Å². The first-order valence-corrected chi connectivity index (χ1v) is 7.02. The minimum absolute atomic E-state index is 0.0668. The van der Waals surface area contributed by atoms with Crippen LogP contribution in [0.25, 0.3) is 0 Å². The van der Waals surface area contributed by atoms with E-state index in [-0.39, 0.29) is 24.9 Å². The molecule has 1 unspecified atom stereocenters. The molecule has 21 heavy (non-hydrogen) atoms. The molecule has 1 heterocycles. The second-order valence-electron chi connectivity index (χ2n) is 5.42. The summed E-state index contributed by atoms with van der Waals surface area (Å²) >= 11 is 0. The molecule has 0 saturated carbocycles. The van der Waals surface area contributed by atoms with E-state index in [0.29, 0.717) is 29.5 Å². The molecule has 0 radical (unpaired) electrons. The molecule has 108 valence electrons. The zero-order valence-electron chi connectivity index (χ0n) is 11.6. The predicted molar refractivity (Wildman–Crippen MR) is 77.8 cm³/mol. The average molecular weight is 283 g/mol. The number of aliphatic hydroxyl groups is 2. The molecule has 4 heteroatoms. The van der Waals surface area contributed by atoms with Crippen LogP contribution in [-0.4, -0.2) is 21.0 Å². The van der Waals surface area contributed by atoms with Crippen LogP contribution in [0.2, 0.25) is 0 Å². The molecule has 3 rings (SSSR count). The number of hydrogen-bond donors (Lipinski definition) is 2. The highest BCUT2D eigenvalue weighted by Gasteiger charge is 2.31. The molecular weight excluding hydrogens is 266 g/mol. The van der Waals surface area contributed by atoms with Crippen molar-refractivity contribution in [1.29, 1.82) is 0 Å². The van der Waals surface area contributed by atoms with Crippen molar-refractivity contribution in [3.8, 4) is 0 Å². The van der Waals surface area contributed by atoms with Crippen molar-refractivity contribution in [1.82, 2.24) is 4.98 Å². The third-order valence-electron chi connectivity index (χ3n) is 4.10. The summed E-state index contributed by atoms with van der Waals surface area (Å²) < 4.78 is 0. The Morgan fingerprint density at radius 3 is 2.43 bits per heavy atom. The number of fused-ring (bicyclic) bond motifs is 1. The second kappa shape index (κ2) is 5.76. The molecular formula is C17H17NO3. The highest BCUT2D eigenvalue weighted by atomic mass is 16.3. The molecule has 1 aromatic carbocycles. The number of aliphatic hydroxyl groups excluding tert-OH is 2. The fraction of sp³-hybridized carbons (Fsp3) is 0.294. The van der Waals surface area contributed by atoms with E-state index in [0.717, 1.165) is 11.1 Å². The lowest BCUT2D eigenvalue weighted by atomic mass is 9.96. The van der Waals surface area contributed by atoms with Gasteiger partial charge >= 0.3 is 0 Å². The first kappa shape index (κ1) is 13.9. The lowest BCUT2D eigenvalue weighted by Gasteiger charge is -2.07. The molecule has 0 bridgehead atoms. The second-order valence-corrected chi connectivity index (χ2v) is 5.42. The van der Waals surface area contributed by atoms with Crippen LogP contribution in [-0.2, 0) is 26.1 Å². The van der Waals surface area contributed by atoms with Gasteiger partial charge in [-0.05, 0) is 53.3 Å². The van der Waals surface area contributed by atoms with Gasteiger partial charge < -0.3 is 10.2 Å². The molecule has 0 amide bonds. The largest absolute Gasteiger partial charge is 0.392 e. The molecule has 0 aliphatic heterocycles. The maximum atomic E-state index is 12.5. The van der Waals surface area contributed by atoms with Crippen molar-refractivity contribution in [2.24, 2.45) is 5.92 Å². The van der Waals surface area contributed by atoms with Crippen molar-refractivity contribution in [2.75, 3.05) is 0 Å². The monoisotopic (exact) mass is 283 g/mol. The van der Waals surface area contributed by atoms with E-state index in [1.54, 1.807) is 18.5 Å². The average Bonchev–Trinajstić information content (AvgIpc) is 2.82. The highest BCUT2D eigenvalue weighted by molar-refractivity contribution is 6.02. The summed E-state index contributed by atoms with van der Waals surface area (Å²) in [5, 5.41) is 18.7. The van der Waals surface area contributed by atoms with Crippen LogP contribution < -0.4 is 0 Å². The summed E-state index contributed by atoms with van der Waals surface area (Å²) in [4.78, 5) is 16.5. The van der Waals surface area contributed by atoms with Gasteiger partial charge in [-0.1, -0.05) is 6.07 Å². The lowest BCUT2D eigenvalue weighted by Crippen LogP contribution is -2.12. The lowest BCUT2D eigenvalue weighted by molar-refractivity contribution is 0.0936. The molecule has 2 N–H and O–H groups in total. The number of rotatable bonds is 4. The molecule has 1 atom stereocenters. The fourth-order valence-electron chi connectivity index (χ4n) is 2.98. The van der Waals surface area contributed by atoms with Crippen LogP contribution in [0.1, 0.15) is 32.6 Å². The molecule has 0 fully saturated rings. The van der Waals surface area contributed by atoms with E-state index >= 15 is 0 Å². The van der Waals surface area contributed by atoms with Gasteiger partial charge in [0.25, 0.3) is 0 Å². The fourth-order valence-corrected chi connectivity index (χ4v) is 2.98. The Morgan fingerprint density at radius 2 is 1.76 bits per heavy atom. The molecule has 2 aromatic rings. The van der Waals surface area contributed by atoms with E-state index in [9.17, 15) is 15.0 Å². The zero-order valence-corrected chi connectivity index (χ0v) is 11.6. The summed E-state index contributed by atoms with van der Waals surface area (Å²) in [6.07, 6.45) is 4.85. The number of nitrogens with zero attached hydrogens (tertiary/aromatic N) is 1. The minimum atomic E-state index is -0.161. The number of ketones is 1. The van der Waals surface area contributed by atoms with Gasteiger partial charge in [-0.3, -0.25) is 9.78 Å². The first-order chi connectivity index (χ1) is 10.2.